The van der Waals surface area contributed by atoms with Crippen molar-refractivity contribution >= 4 is 57.2 Å². The first-order valence-corrected chi connectivity index (χ1v) is 10.8. The smallest absolute Gasteiger partial charge is 0.264 e. The van der Waals surface area contributed by atoms with Crippen molar-refractivity contribution in [3.05, 3.63) is 68.2 Å². The topological polar surface area (TPSA) is 59.9 Å². The molecule has 1 aliphatic rings. The average Bonchev–Trinajstić information content (AvgIpc) is 2.98. The van der Waals surface area contributed by atoms with E-state index >= 15 is 0 Å². The van der Waals surface area contributed by atoms with E-state index in [1.165, 1.54) is 11.8 Å². The van der Waals surface area contributed by atoms with Gasteiger partial charge in [-0.3, -0.25) is 4.79 Å². The van der Waals surface area contributed by atoms with E-state index in [0.717, 1.165) is 25.9 Å². The summed E-state index contributed by atoms with van der Waals surface area (Å²) in [4.78, 5) is 17.6. The van der Waals surface area contributed by atoms with E-state index in [9.17, 15) is 4.79 Å². The van der Waals surface area contributed by atoms with Crippen molar-refractivity contribution in [3.63, 3.8) is 0 Å². The lowest BCUT2D eigenvalue weighted by Crippen LogP contribution is -2.19. The number of nitrogens with zero attached hydrogens (tertiary/aromatic N) is 1. The molecule has 5 nitrogen and oxygen atoms in total. The van der Waals surface area contributed by atoms with E-state index in [4.69, 9.17) is 9.47 Å². The van der Waals surface area contributed by atoms with Gasteiger partial charge in [-0.1, -0.05) is 18.7 Å². The Labute approximate surface area is 188 Å². The van der Waals surface area contributed by atoms with E-state index in [2.05, 4.69) is 45.5 Å². The molecule has 2 aromatic carbocycles. The predicted octanol–water partition coefficient (Wildman–Crippen LogP) is 5.37. The molecule has 1 aliphatic heterocycles. The summed E-state index contributed by atoms with van der Waals surface area (Å²) in [6, 6.07) is 9.86. The van der Waals surface area contributed by atoms with Crippen LogP contribution in [-0.4, -0.2) is 24.8 Å². The third-order valence-corrected chi connectivity index (χ3v) is 5.69. The van der Waals surface area contributed by atoms with Crippen LogP contribution in [0.5, 0.6) is 11.5 Å². The van der Waals surface area contributed by atoms with Gasteiger partial charge in [-0.15, -0.1) is 0 Å². The zero-order valence-electron chi connectivity index (χ0n) is 16.4. The van der Waals surface area contributed by atoms with Crippen LogP contribution < -0.4 is 14.8 Å². The second kappa shape index (κ2) is 9.49. The summed E-state index contributed by atoms with van der Waals surface area (Å²) in [5, 5.41) is 3.40. The van der Waals surface area contributed by atoms with Crippen molar-refractivity contribution in [2.24, 2.45) is 4.99 Å². The Morgan fingerprint density at radius 3 is 2.59 bits per heavy atom. The van der Waals surface area contributed by atoms with E-state index < -0.39 is 0 Å². The molecule has 1 fully saturated rings. The normalized spacial score (nSPS) is 16.2. The summed E-state index contributed by atoms with van der Waals surface area (Å²) >= 11 is 3.51. The van der Waals surface area contributed by atoms with E-state index in [0.29, 0.717) is 28.2 Å². The SMILES string of the molecule is C=CCOc1c(I)cc(/C=C2/SC(=Nc3cc(C)cc(C)c3)NC2=O)cc1OC. The molecule has 0 spiro atoms. The summed E-state index contributed by atoms with van der Waals surface area (Å²) in [5.74, 6) is 1.10. The zero-order chi connectivity index (χ0) is 21.0. The Bertz CT molecular complexity index is 1010. The average molecular weight is 520 g/mol. The van der Waals surface area contributed by atoms with Gasteiger partial charge in [-0.05, 0) is 95.2 Å². The first kappa shape index (κ1) is 21.4. The summed E-state index contributed by atoms with van der Waals surface area (Å²) in [6.07, 6.45) is 3.51. The van der Waals surface area contributed by atoms with Crippen LogP contribution in [0.15, 0.2) is 52.9 Å². The van der Waals surface area contributed by atoms with Crippen molar-refractivity contribution in [2.75, 3.05) is 13.7 Å². The van der Waals surface area contributed by atoms with Crippen LogP contribution in [0.25, 0.3) is 6.08 Å². The first-order valence-electron chi connectivity index (χ1n) is 8.88. The first-order chi connectivity index (χ1) is 13.9. The van der Waals surface area contributed by atoms with Crippen LogP contribution in [-0.2, 0) is 4.79 Å². The second-order valence-corrected chi connectivity index (χ2v) is 8.65. The fourth-order valence-electron chi connectivity index (χ4n) is 2.87. The van der Waals surface area contributed by atoms with Crippen LogP contribution in [0.3, 0.4) is 0 Å². The van der Waals surface area contributed by atoms with Crippen molar-refractivity contribution in [2.45, 2.75) is 13.8 Å². The van der Waals surface area contributed by atoms with Gasteiger partial charge in [-0.2, -0.15) is 0 Å². The van der Waals surface area contributed by atoms with E-state index in [1.54, 1.807) is 13.2 Å². The van der Waals surface area contributed by atoms with Gasteiger partial charge in [0.05, 0.1) is 21.3 Å². The highest BCUT2D eigenvalue weighted by Gasteiger charge is 2.24. The van der Waals surface area contributed by atoms with Crippen LogP contribution in [0, 0.1) is 17.4 Å². The Kier molecular flexibility index (Phi) is 7.02. The number of methoxy groups -OCH3 is 1. The van der Waals surface area contributed by atoms with Crippen LogP contribution >= 0.6 is 34.4 Å². The lowest BCUT2D eigenvalue weighted by molar-refractivity contribution is -0.115. The predicted molar refractivity (Wildman–Crippen MR) is 128 cm³/mol. The van der Waals surface area contributed by atoms with Crippen LogP contribution in [0.4, 0.5) is 5.69 Å². The van der Waals surface area contributed by atoms with Gasteiger partial charge in [0.25, 0.3) is 5.91 Å². The second-order valence-electron chi connectivity index (χ2n) is 6.46. The number of nitrogens with one attached hydrogen (secondary N) is 1. The molecular weight excluding hydrogens is 499 g/mol. The van der Waals surface area contributed by atoms with Crippen LogP contribution in [0.1, 0.15) is 16.7 Å². The Morgan fingerprint density at radius 1 is 1.21 bits per heavy atom. The minimum atomic E-state index is -0.168. The molecule has 0 unspecified atom stereocenters. The van der Waals surface area contributed by atoms with Crippen molar-refractivity contribution in [3.8, 4) is 11.5 Å². The highest BCUT2D eigenvalue weighted by Crippen LogP contribution is 2.36. The molecule has 1 saturated heterocycles. The summed E-state index contributed by atoms with van der Waals surface area (Å²) in [6.45, 7) is 8.11. The molecule has 0 aliphatic carbocycles. The molecule has 0 radical (unpaired) electrons. The molecular formula is C22H21IN2O3S. The van der Waals surface area contributed by atoms with Crippen molar-refractivity contribution in [1.82, 2.24) is 5.32 Å². The van der Waals surface area contributed by atoms with E-state index in [-0.39, 0.29) is 5.91 Å². The summed E-state index contributed by atoms with van der Waals surface area (Å²) in [5.41, 5.74) is 3.94. The molecule has 0 atom stereocenters. The fraction of sp³-hybridized carbons (Fsp3) is 0.182. The largest absolute Gasteiger partial charge is 0.493 e. The number of carbonyl (C=O) groups excluding carboxylic acids is 1. The van der Waals surface area contributed by atoms with E-state index in [1.807, 2.05) is 44.2 Å². The number of halogens is 1. The monoisotopic (exact) mass is 520 g/mol. The van der Waals surface area contributed by atoms with Gasteiger partial charge in [0, 0.05) is 0 Å². The van der Waals surface area contributed by atoms with Crippen molar-refractivity contribution < 1.29 is 14.3 Å². The standard InChI is InChI=1S/C22H21IN2O3S/c1-5-6-28-20-17(23)10-15(11-18(20)27-4)12-19-21(26)25-22(29-19)24-16-8-13(2)7-14(3)9-16/h5,7-12H,1,6H2,2-4H3,(H,24,25,26)/b19-12+. The van der Waals surface area contributed by atoms with Gasteiger partial charge in [0.2, 0.25) is 0 Å². The number of hydrogen-bond donors (Lipinski definition) is 1. The van der Waals surface area contributed by atoms with Gasteiger partial charge >= 0.3 is 0 Å². The van der Waals surface area contributed by atoms with Gasteiger partial charge in [-0.25, -0.2) is 4.99 Å². The number of rotatable bonds is 6. The molecule has 150 valence electrons. The van der Waals surface area contributed by atoms with Crippen molar-refractivity contribution in [1.29, 1.82) is 0 Å². The number of aryl methyl sites for hydroxylation is 2. The molecule has 1 heterocycles. The number of amides is 1. The van der Waals surface area contributed by atoms with Gasteiger partial charge in [0.15, 0.2) is 16.7 Å². The third-order valence-electron chi connectivity index (χ3n) is 3.98. The molecule has 7 heteroatoms. The Morgan fingerprint density at radius 2 is 1.93 bits per heavy atom. The number of amidine groups is 1. The third kappa shape index (κ3) is 5.42. The molecule has 29 heavy (non-hydrogen) atoms. The molecule has 2 aromatic rings. The van der Waals surface area contributed by atoms with Gasteiger partial charge in [0.1, 0.15) is 6.61 Å². The minimum absolute atomic E-state index is 0.168. The maximum absolute atomic E-state index is 12.4. The Balaban J connectivity index is 1.87. The quantitative estimate of drug-likeness (QED) is 0.316. The summed E-state index contributed by atoms with van der Waals surface area (Å²) in [7, 11) is 1.59. The number of aliphatic imine (C=N–C) groups is 1. The molecule has 1 amide bonds. The summed E-state index contributed by atoms with van der Waals surface area (Å²) < 4.78 is 12.0. The lowest BCUT2D eigenvalue weighted by Gasteiger charge is -2.12. The zero-order valence-corrected chi connectivity index (χ0v) is 19.4. The maximum atomic E-state index is 12.4. The Hall–Kier alpha value is -2.26. The molecule has 1 N–H and O–H groups in total. The van der Waals surface area contributed by atoms with Gasteiger partial charge < -0.3 is 14.8 Å². The van der Waals surface area contributed by atoms with Crippen LogP contribution in [0.2, 0.25) is 0 Å². The number of carbonyl (C=O) groups is 1. The number of benzene rings is 2. The number of ether oxygens (including phenoxy) is 2. The lowest BCUT2D eigenvalue weighted by atomic mass is 10.1. The highest BCUT2D eigenvalue weighted by molar-refractivity contribution is 14.1. The fourth-order valence-corrected chi connectivity index (χ4v) is 4.49. The maximum Gasteiger partial charge on any atom is 0.264 e. The molecule has 3 rings (SSSR count). The minimum Gasteiger partial charge on any atom is -0.493 e. The molecule has 0 bridgehead atoms. The number of hydrogen-bond acceptors (Lipinski definition) is 5. The highest BCUT2D eigenvalue weighted by atomic mass is 127. The number of thioether (sulfide) groups is 1. The molecule has 0 aromatic heterocycles. The molecule has 0 saturated carbocycles.